The van der Waals surface area contributed by atoms with Crippen LogP contribution in [0.3, 0.4) is 0 Å². The summed E-state index contributed by atoms with van der Waals surface area (Å²) in [5.74, 6) is 0.800. The third-order valence-electron chi connectivity index (χ3n) is 3.85. The molecule has 150 valence electrons. The number of halogens is 3. The monoisotopic (exact) mass is 403 g/mol. The summed E-state index contributed by atoms with van der Waals surface area (Å²) < 4.78 is 43.3. The van der Waals surface area contributed by atoms with Gasteiger partial charge in [0.25, 0.3) is 0 Å². The molecule has 0 aliphatic heterocycles. The predicted molar refractivity (Wildman–Crippen MR) is 99.1 cm³/mol. The molecule has 0 aliphatic rings. The van der Waals surface area contributed by atoms with Crippen molar-refractivity contribution in [3.8, 4) is 5.75 Å². The number of aliphatic hydroxyl groups excluding tert-OH is 1. The van der Waals surface area contributed by atoms with Gasteiger partial charge in [0.1, 0.15) is 18.5 Å². The van der Waals surface area contributed by atoms with Crippen molar-refractivity contribution in [2.45, 2.75) is 31.7 Å². The SMILES string of the molecule is CNCCOc1ccc(CC(C)NCC(O)c2csc(C(F)(F)F)n2)cc1. The average molecular weight is 403 g/mol. The minimum atomic E-state index is -4.48. The lowest BCUT2D eigenvalue weighted by Crippen LogP contribution is -2.32. The average Bonchev–Trinajstić information content (AvgIpc) is 3.12. The Morgan fingerprint density at radius 1 is 1.26 bits per heavy atom. The molecule has 2 unspecified atom stereocenters. The third-order valence-corrected chi connectivity index (χ3v) is 4.76. The highest BCUT2D eigenvalue weighted by Gasteiger charge is 2.35. The molecule has 2 rings (SSSR count). The van der Waals surface area contributed by atoms with E-state index in [1.165, 1.54) is 5.38 Å². The topological polar surface area (TPSA) is 66.4 Å². The van der Waals surface area contributed by atoms with Gasteiger partial charge in [-0.25, -0.2) is 4.98 Å². The lowest BCUT2D eigenvalue weighted by molar-refractivity contribution is -0.137. The van der Waals surface area contributed by atoms with E-state index in [4.69, 9.17) is 4.74 Å². The number of nitrogens with one attached hydrogen (secondary N) is 2. The van der Waals surface area contributed by atoms with E-state index in [0.717, 1.165) is 17.9 Å². The standard InChI is InChI=1S/C18H24F3N3O2S/c1-12(9-13-3-5-14(6-4-13)26-8-7-22-2)23-10-16(25)15-11-27-17(24-15)18(19,20)21/h3-6,11-12,16,22-23,25H,7-10H2,1-2H3. The van der Waals surface area contributed by atoms with E-state index in [9.17, 15) is 18.3 Å². The summed E-state index contributed by atoms with van der Waals surface area (Å²) in [5.41, 5.74) is 1.13. The zero-order chi connectivity index (χ0) is 19.9. The minimum absolute atomic E-state index is 0.0371. The summed E-state index contributed by atoms with van der Waals surface area (Å²) >= 11 is 0.490. The molecule has 27 heavy (non-hydrogen) atoms. The lowest BCUT2D eigenvalue weighted by atomic mass is 10.1. The molecule has 2 aromatic rings. The van der Waals surface area contributed by atoms with Gasteiger partial charge in [-0.2, -0.15) is 13.2 Å². The number of alkyl halides is 3. The number of ether oxygens (including phenoxy) is 1. The summed E-state index contributed by atoms with van der Waals surface area (Å²) in [4.78, 5) is 3.47. The van der Waals surface area contributed by atoms with Gasteiger partial charge in [0.15, 0.2) is 5.01 Å². The highest BCUT2D eigenvalue weighted by molar-refractivity contribution is 7.09. The summed E-state index contributed by atoms with van der Waals surface area (Å²) in [7, 11) is 1.86. The first-order chi connectivity index (χ1) is 12.8. The fourth-order valence-corrected chi connectivity index (χ4v) is 3.14. The number of hydrogen-bond donors (Lipinski definition) is 3. The summed E-state index contributed by atoms with van der Waals surface area (Å²) in [6.07, 6.45) is -4.84. The molecule has 9 heteroatoms. The van der Waals surface area contributed by atoms with E-state index >= 15 is 0 Å². The van der Waals surface area contributed by atoms with E-state index in [1.54, 1.807) is 0 Å². The van der Waals surface area contributed by atoms with Crippen molar-refractivity contribution in [2.24, 2.45) is 0 Å². The van der Waals surface area contributed by atoms with E-state index in [2.05, 4.69) is 15.6 Å². The van der Waals surface area contributed by atoms with E-state index in [1.807, 2.05) is 38.2 Å². The molecule has 0 radical (unpaired) electrons. The van der Waals surface area contributed by atoms with Crippen molar-refractivity contribution in [1.82, 2.24) is 15.6 Å². The van der Waals surface area contributed by atoms with Crippen molar-refractivity contribution in [2.75, 3.05) is 26.7 Å². The number of rotatable bonds is 10. The van der Waals surface area contributed by atoms with E-state index < -0.39 is 17.3 Å². The van der Waals surface area contributed by atoms with Crippen LogP contribution in [0.2, 0.25) is 0 Å². The zero-order valence-corrected chi connectivity index (χ0v) is 16.0. The van der Waals surface area contributed by atoms with Crippen molar-refractivity contribution in [3.63, 3.8) is 0 Å². The van der Waals surface area contributed by atoms with Crippen LogP contribution in [-0.4, -0.2) is 42.9 Å². The number of thiazole rings is 1. The van der Waals surface area contributed by atoms with Gasteiger partial charge < -0.3 is 20.5 Å². The van der Waals surface area contributed by atoms with E-state index in [0.29, 0.717) is 24.4 Å². The van der Waals surface area contributed by atoms with Crippen LogP contribution in [-0.2, 0) is 12.6 Å². The highest BCUT2D eigenvalue weighted by atomic mass is 32.1. The Morgan fingerprint density at radius 2 is 1.96 bits per heavy atom. The summed E-state index contributed by atoms with van der Waals surface area (Å²) in [6.45, 7) is 3.45. The number of aliphatic hydroxyl groups is 1. The number of benzene rings is 1. The molecule has 0 spiro atoms. The Bertz CT molecular complexity index is 692. The van der Waals surface area contributed by atoms with Crippen LogP contribution in [0.15, 0.2) is 29.6 Å². The van der Waals surface area contributed by atoms with Gasteiger partial charge in [0.05, 0.1) is 5.69 Å². The van der Waals surface area contributed by atoms with Crippen molar-refractivity contribution in [3.05, 3.63) is 45.9 Å². The van der Waals surface area contributed by atoms with Gasteiger partial charge in [-0.15, -0.1) is 11.3 Å². The fraction of sp³-hybridized carbons (Fsp3) is 0.500. The molecule has 1 heterocycles. The normalized spacial score (nSPS) is 14.1. The number of nitrogens with zero attached hydrogens (tertiary/aromatic N) is 1. The quantitative estimate of drug-likeness (QED) is 0.532. The second kappa shape index (κ2) is 10.0. The molecule has 2 atom stereocenters. The van der Waals surface area contributed by atoms with Crippen LogP contribution >= 0.6 is 11.3 Å². The van der Waals surface area contributed by atoms with E-state index in [-0.39, 0.29) is 18.3 Å². The van der Waals surface area contributed by atoms with Gasteiger partial charge >= 0.3 is 6.18 Å². The highest BCUT2D eigenvalue weighted by Crippen LogP contribution is 2.32. The van der Waals surface area contributed by atoms with Gasteiger partial charge in [-0.05, 0) is 38.1 Å². The van der Waals surface area contributed by atoms with Crippen LogP contribution in [0, 0.1) is 0 Å². The van der Waals surface area contributed by atoms with Gasteiger partial charge in [-0.1, -0.05) is 12.1 Å². The zero-order valence-electron chi connectivity index (χ0n) is 15.2. The molecule has 3 N–H and O–H groups in total. The maximum absolute atomic E-state index is 12.6. The van der Waals surface area contributed by atoms with Gasteiger partial charge in [-0.3, -0.25) is 0 Å². The largest absolute Gasteiger partial charge is 0.492 e. The first-order valence-corrected chi connectivity index (χ1v) is 9.48. The summed E-state index contributed by atoms with van der Waals surface area (Å²) in [6, 6.07) is 7.79. The van der Waals surface area contributed by atoms with Gasteiger partial charge in [0.2, 0.25) is 0 Å². The maximum atomic E-state index is 12.6. The van der Waals surface area contributed by atoms with Crippen LogP contribution in [0.4, 0.5) is 13.2 Å². The third kappa shape index (κ3) is 7.10. The van der Waals surface area contributed by atoms with Crippen molar-refractivity contribution < 1.29 is 23.0 Å². The van der Waals surface area contributed by atoms with Crippen molar-refractivity contribution >= 4 is 11.3 Å². The van der Waals surface area contributed by atoms with Crippen molar-refractivity contribution in [1.29, 1.82) is 0 Å². The first kappa shape index (κ1) is 21.6. The molecular weight excluding hydrogens is 379 g/mol. The molecule has 0 saturated carbocycles. The Hall–Kier alpha value is -1.68. The van der Waals surface area contributed by atoms with Gasteiger partial charge in [0, 0.05) is 24.5 Å². The molecule has 1 aromatic carbocycles. The Balaban J connectivity index is 1.78. The molecular formula is C18H24F3N3O2S. The fourth-order valence-electron chi connectivity index (χ4n) is 2.41. The predicted octanol–water partition coefficient (Wildman–Crippen LogP) is 3.01. The Morgan fingerprint density at radius 3 is 2.56 bits per heavy atom. The second-order valence-electron chi connectivity index (χ2n) is 6.20. The maximum Gasteiger partial charge on any atom is 0.443 e. The first-order valence-electron chi connectivity index (χ1n) is 8.60. The lowest BCUT2D eigenvalue weighted by Gasteiger charge is -2.16. The minimum Gasteiger partial charge on any atom is -0.492 e. The number of hydrogen-bond acceptors (Lipinski definition) is 6. The second-order valence-corrected chi connectivity index (χ2v) is 7.06. The Labute approximate surface area is 160 Å². The molecule has 1 aromatic heterocycles. The molecule has 5 nitrogen and oxygen atoms in total. The van der Waals surface area contributed by atoms with Crippen LogP contribution in [0.1, 0.15) is 29.3 Å². The van der Waals surface area contributed by atoms with Crippen LogP contribution < -0.4 is 15.4 Å². The number of likely N-dealkylation sites (N-methyl/N-ethyl adjacent to an activating group) is 1. The molecule has 0 fully saturated rings. The molecule has 0 amide bonds. The molecule has 0 aliphatic carbocycles. The van der Waals surface area contributed by atoms with Crippen LogP contribution in [0.5, 0.6) is 5.75 Å². The smallest absolute Gasteiger partial charge is 0.443 e. The summed E-state index contributed by atoms with van der Waals surface area (Å²) in [5, 5.41) is 16.5. The van der Waals surface area contributed by atoms with Crippen LogP contribution in [0.25, 0.3) is 0 Å². The Kier molecular flexibility index (Phi) is 8.03. The molecule has 0 saturated heterocycles. The number of aromatic nitrogens is 1. The molecule has 0 bridgehead atoms.